The lowest BCUT2D eigenvalue weighted by Gasteiger charge is -2.21. The normalized spacial score (nSPS) is 11.3. The fraction of sp³-hybridized carbons (Fsp3) is 0.412. The molecule has 0 heterocycles. The summed E-state index contributed by atoms with van der Waals surface area (Å²) in [5.74, 6) is 0.374. The summed E-state index contributed by atoms with van der Waals surface area (Å²) in [6.45, 7) is 8.19. The molecule has 0 aliphatic heterocycles. The molecule has 0 unspecified atom stereocenters. The molecule has 3 heteroatoms. The Morgan fingerprint density at radius 3 is 2.65 bits per heavy atom. The SMILES string of the molecule is CCOCCN(CC)Cc1c(O)ccc2ccccc12. The summed E-state index contributed by atoms with van der Waals surface area (Å²) >= 11 is 0. The van der Waals surface area contributed by atoms with Crippen LogP contribution in [-0.2, 0) is 11.3 Å². The van der Waals surface area contributed by atoms with Crippen molar-refractivity contribution in [2.75, 3.05) is 26.3 Å². The van der Waals surface area contributed by atoms with Crippen LogP contribution in [0.2, 0.25) is 0 Å². The van der Waals surface area contributed by atoms with Crippen molar-refractivity contribution in [3.8, 4) is 5.75 Å². The van der Waals surface area contributed by atoms with Crippen LogP contribution in [0.5, 0.6) is 5.75 Å². The monoisotopic (exact) mass is 273 g/mol. The van der Waals surface area contributed by atoms with Crippen LogP contribution in [0.25, 0.3) is 10.8 Å². The van der Waals surface area contributed by atoms with E-state index in [0.29, 0.717) is 5.75 Å². The summed E-state index contributed by atoms with van der Waals surface area (Å²) in [4.78, 5) is 2.29. The zero-order chi connectivity index (χ0) is 14.4. The molecule has 20 heavy (non-hydrogen) atoms. The molecule has 0 atom stereocenters. The highest BCUT2D eigenvalue weighted by atomic mass is 16.5. The molecule has 0 radical (unpaired) electrons. The molecule has 0 fully saturated rings. The molecule has 0 aromatic heterocycles. The maximum Gasteiger partial charge on any atom is 0.120 e. The Kier molecular flexibility index (Phi) is 5.39. The Balaban J connectivity index is 2.20. The molecule has 108 valence electrons. The second-order valence-electron chi connectivity index (χ2n) is 4.85. The van der Waals surface area contributed by atoms with Crippen LogP contribution in [0.1, 0.15) is 19.4 Å². The van der Waals surface area contributed by atoms with Crippen LogP contribution in [0.15, 0.2) is 36.4 Å². The molecule has 2 rings (SSSR count). The van der Waals surface area contributed by atoms with E-state index in [1.54, 1.807) is 6.07 Å². The zero-order valence-electron chi connectivity index (χ0n) is 12.3. The van der Waals surface area contributed by atoms with Gasteiger partial charge in [0.15, 0.2) is 0 Å². The summed E-state index contributed by atoms with van der Waals surface area (Å²) in [7, 11) is 0. The van der Waals surface area contributed by atoms with Crippen LogP contribution < -0.4 is 0 Å². The van der Waals surface area contributed by atoms with Crippen molar-refractivity contribution in [1.29, 1.82) is 0 Å². The van der Waals surface area contributed by atoms with E-state index >= 15 is 0 Å². The lowest BCUT2D eigenvalue weighted by molar-refractivity contribution is 0.112. The summed E-state index contributed by atoms with van der Waals surface area (Å²) in [5.41, 5.74) is 1.00. The first-order valence-corrected chi connectivity index (χ1v) is 7.26. The van der Waals surface area contributed by atoms with Gasteiger partial charge in [0, 0.05) is 25.3 Å². The highest BCUT2D eigenvalue weighted by Gasteiger charge is 2.11. The highest BCUT2D eigenvalue weighted by Crippen LogP contribution is 2.28. The second-order valence-corrected chi connectivity index (χ2v) is 4.85. The number of benzene rings is 2. The fourth-order valence-electron chi connectivity index (χ4n) is 2.40. The standard InChI is InChI=1S/C17H23NO2/c1-3-18(11-12-20-4-2)13-16-15-8-6-5-7-14(15)9-10-17(16)19/h5-10,19H,3-4,11-13H2,1-2H3. The molecule has 0 aliphatic carbocycles. The van der Waals surface area contributed by atoms with E-state index in [9.17, 15) is 5.11 Å². The third-order valence-electron chi connectivity index (χ3n) is 3.60. The predicted octanol–water partition coefficient (Wildman–Crippen LogP) is 3.40. The Morgan fingerprint density at radius 2 is 1.90 bits per heavy atom. The highest BCUT2D eigenvalue weighted by molar-refractivity contribution is 5.87. The van der Waals surface area contributed by atoms with Gasteiger partial charge in [-0.25, -0.2) is 0 Å². The van der Waals surface area contributed by atoms with Gasteiger partial charge in [-0.2, -0.15) is 0 Å². The molecule has 0 spiro atoms. The van der Waals surface area contributed by atoms with Crippen LogP contribution in [-0.4, -0.2) is 36.3 Å². The van der Waals surface area contributed by atoms with Crippen LogP contribution in [0.3, 0.4) is 0 Å². The summed E-state index contributed by atoms with van der Waals surface area (Å²) in [6.07, 6.45) is 0. The number of nitrogens with zero attached hydrogens (tertiary/aromatic N) is 1. The van der Waals surface area contributed by atoms with Crippen LogP contribution in [0, 0.1) is 0 Å². The van der Waals surface area contributed by atoms with Gasteiger partial charge in [-0.05, 0) is 30.3 Å². The largest absolute Gasteiger partial charge is 0.508 e. The summed E-state index contributed by atoms with van der Waals surface area (Å²) < 4.78 is 5.42. The number of phenols is 1. The Morgan fingerprint density at radius 1 is 1.10 bits per heavy atom. The minimum Gasteiger partial charge on any atom is -0.508 e. The molecule has 0 saturated carbocycles. The maximum atomic E-state index is 10.2. The van der Waals surface area contributed by atoms with Crippen molar-refractivity contribution in [3.63, 3.8) is 0 Å². The molecule has 0 amide bonds. The first-order valence-electron chi connectivity index (χ1n) is 7.26. The lowest BCUT2D eigenvalue weighted by Crippen LogP contribution is -2.27. The van der Waals surface area contributed by atoms with Gasteiger partial charge in [-0.15, -0.1) is 0 Å². The van der Waals surface area contributed by atoms with E-state index in [4.69, 9.17) is 4.74 Å². The fourth-order valence-corrected chi connectivity index (χ4v) is 2.40. The molecule has 1 N–H and O–H groups in total. The third kappa shape index (κ3) is 3.50. The molecule has 3 nitrogen and oxygen atoms in total. The zero-order valence-corrected chi connectivity index (χ0v) is 12.3. The van der Waals surface area contributed by atoms with Gasteiger partial charge in [0.25, 0.3) is 0 Å². The van der Waals surface area contributed by atoms with E-state index in [1.807, 2.05) is 25.1 Å². The van der Waals surface area contributed by atoms with Gasteiger partial charge < -0.3 is 9.84 Å². The van der Waals surface area contributed by atoms with E-state index in [-0.39, 0.29) is 0 Å². The second kappa shape index (κ2) is 7.27. The van der Waals surface area contributed by atoms with E-state index in [0.717, 1.165) is 43.8 Å². The number of hydrogen-bond donors (Lipinski definition) is 1. The first-order chi connectivity index (χ1) is 9.76. The average Bonchev–Trinajstić information content (AvgIpc) is 2.48. The number of aromatic hydroxyl groups is 1. The van der Waals surface area contributed by atoms with Gasteiger partial charge in [0.1, 0.15) is 5.75 Å². The quantitative estimate of drug-likeness (QED) is 0.785. The van der Waals surface area contributed by atoms with Crippen molar-refractivity contribution in [1.82, 2.24) is 4.90 Å². The van der Waals surface area contributed by atoms with Crippen molar-refractivity contribution in [2.24, 2.45) is 0 Å². The minimum absolute atomic E-state index is 0.374. The Labute approximate surface area is 120 Å². The number of phenolic OH excluding ortho intramolecular Hbond substituents is 1. The molecule has 0 bridgehead atoms. The average molecular weight is 273 g/mol. The van der Waals surface area contributed by atoms with E-state index in [1.165, 1.54) is 5.39 Å². The van der Waals surface area contributed by atoms with Crippen LogP contribution in [0.4, 0.5) is 0 Å². The topological polar surface area (TPSA) is 32.7 Å². The predicted molar refractivity (Wildman–Crippen MR) is 83.1 cm³/mol. The minimum atomic E-state index is 0.374. The van der Waals surface area contributed by atoms with Crippen molar-refractivity contribution < 1.29 is 9.84 Å². The van der Waals surface area contributed by atoms with Gasteiger partial charge >= 0.3 is 0 Å². The lowest BCUT2D eigenvalue weighted by atomic mass is 10.0. The van der Waals surface area contributed by atoms with Gasteiger partial charge in [0.05, 0.1) is 6.61 Å². The van der Waals surface area contributed by atoms with Gasteiger partial charge in [-0.3, -0.25) is 4.90 Å². The number of fused-ring (bicyclic) bond motifs is 1. The smallest absolute Gasteiger partial charge is 0.120 e. The summed E-state index contributed by atoms with van der Waals surface area (Å²) in [6, 6.07) is 11.9. The number of ether oxygens (including phenoxy) is 1. The van der Waals surface area contributed by atoms with Gasteiger partial charge in [0.2, 0.25) is 0 Å². The number of rotatable bonds is 7. The number of likely N-dealkylation sites (N-methyl/N-ethyl adjacent to an activating group) is 1. The van der Waals surface area contributed by atoms with E-state index in [2.05, 4.69) is 24.0 Å². The summed E-state index contributed by atoms with van der Waals surface area (Å²) in [5, 5.41) is 12.5. The third-order valence-corrected chi connectivity index (χ3v) is 3.60. The maximum absolute atomic E-state index is 10.2. The molecule has 0 aliphatic rings. The molecule has 2 aromatic rings. The Bertz CT molecular complexity index is 554. The number of hydrogen-bond acceptors (Lipinski definition) is 3. The first kappa shape index (κ1) is 14.8. The Hall–Kier alpha value is -1.58. The molecule has 0 saturated heterocycles. The van der Waals surface area contributed by atoms with Crippen molar-refractivity contribution >= 4 is 10.8 Å². The molecular weight excluding hydrogens is 250 g/mol. The van der Waals surface area contributed by atoms with Gasteiger partial charge in [-0.1, -0.05) is 37.3 Å². The van der Waals surface area contributed by atoms with E-state index < -0.39 is 0 Å². The molecule has 2 aromatic carbocycles. The van der Waals surface area contributed by atoms with Crippen LogP contribution >= 0.6 is 0 Å². The van der Waals surface area contributed by atoms with Crippen molar-refractivity contribution in [3.05, 3.63) is 42.0 Å². The molecular formula is C17H23NO2. The van der Waals surface area contributed by atoms with Crippen molar-refractivity contribution in [2.45, 2.75) is 20.4 Å².